The molecule has 1 aromatic heterocycles. The highest BCUT2D eigenvalue weighted by Gasteiger charge is 2.40. The Morgan fingerprint density at radius 3 is 2.50 bits per heavy atom. The standard InChI is InChI=1S/C15H14F2O10S/c16-7-2-6-5(4-28(22,23)24)1-9(19)26-13(6)10(17)14(7)27-15-12(21)11(20)8(18)3-25-15/h1-2,8,11-12,15,18,20-21H,3-4H2,(H,22,23,24)/t8-,11-,12?,15+/m1/s1. The summed E-state index contributed by atoms with van der Waals surface area (Å²) in [5.41, 5.74) is -2.44. The Morgan fingerprint density at radius 1 is 1.18 bits per heavy atom. The van der Waals surface area contributed by atoms with Crippen LogP contribution in [0.4, 0.5) is 8.78 Å². The van der Waals surface area contributed by atoms with E-state index in [4.69, 9.17) is 14.0 Å². The van der Waals surface area contributed by atoms with E-state index in [1.165, 1.54) is 0 Å². The van der Waals surface area contributed by atoms with Crippen LogP contribution in [0.5, 0.6) is 5.75 Å². The zero-order valence-electron chi connectivity index (χ0n) is 13.8. The summed E-state index contributed by atoms with van der Waals surface area (Å²) in [7, 11) is -4.62. The average Bonchev–Trinajstić information content (AvgIpc) is 2.58. The summed E-state index contributed by atoms with van der Waals surface area (Å²) in [6, 6.07) is 1.26. The minimum absolute atomic E-state index is 0.411. The zero-order chi connectivity index (χ0) is 20.8. The molecule has 154 valence electrons. The smallest absolute Gasteiger partial charge is 0.336 e. The Bertz CT molecular complexity index is 1070. The molecule has 3 rings (SSSR count). The number of halogens is 2. The van der Waals surface area contributed by atoms with Crippen LogP contribution < -0.4 is 10.4 Å². The first kappa shape index (κ1) is 20.6. The lowest BCUT2D eigenvalue weighted by Gasteiger charge is -2.34. The predicted octanol–water partition coefficient (Wildman–Crippen LogP) is -0.723. The lowest BCUT2D eigenvalue weighted by molar-refractivity contribution is -0.243. The molecule has 0 saturated carbocycles. The van der Waals surface area contributed by atoms with Crippen molar-refractivity contribution in [1.29, 1.82) is 0 Å². The Balaban J connectivity index is 2.07. The minimum Gasteiger partial charge on any atom is -0.456 e. The van der Waals surface area contributed by atoms with Crippen molar-refractivity contribution in [2.75, 3.05) is 6.61 Å². The van der Waals surface area contributed by atoms with Gasteiger partial charge in [-0.05, 0) is 11.6 Å². The van der Waals surface area contributed by atoms with Gasteiger partial charge in [0.15, 0.2) is 17.1 Å². The van der Waals surface area contributed by atoms with Crippen molar-refractivity contribution < 1.29 is 51.0 Å². The molecule has 0 radical (unpaired) electrons. The van der Waals surface area contributed by atoms with Gasteiger partial charge in [-0.1, -0.05) is 0 Å². The summed E-state index contributed by atoms with van der Waals surface area (Å²) in [6.07, 6.45) is -6.75. The van der Waals surface area contributed by atoms with E-state index in [1.54, 1.807) is 0 Å². The summed E-state index contributed by atoms with van der Waals surface area (Å²) in [4.78, 5) is 11.6. The molecule has 4 atom stereocenters. The van der Waals surface area contributed by atoms with Crippen molar-refractivity contribution in [2.24, 2.45) is 0 Å². The van der Waals surface area contributed by atoms with Crippen LogP contribution in [0.3, 0.4) is 0 Å². The van der Waals surface area contributed by atoms with Crippen molar-refractivity contribution in [3.05, 3.63) is 39.8 Å². The van der Waals surface area contributed by atoms with Crippen LogP contribution in [-0.2, 0) is 20.6 Å². The van der Waals surface area contributed by atoms with Gasteiger partial charge < -0.3 is 29.2 Å². The Hall–Kier alpha value is -2.16. The maximum Gasteiger partial charge on any atom is 0.336 e. The van der Waals surface area contributed by atoms with Crippen LogP contribution in [0.2, 0.25) is 0 Å². The molecule has 2 heterocycles. The SMILES string of the molecule is O=c1cc(CS(=O)(=O)O)c2cc(F)c(O[C@@H]3OC[C@@H](O)[C@@H](O)C3O)c(F)c2o1. The van der Waals surface area contributed by atoms with Gasteiger partial charge in [0.05, 0.1) is 6.61 Å². The Labute approximate surface area is 155 Å². The van der Waals surface area contributed by atoms with Crippen LogP contribution in [0.15, 0.2) is 21.3 Å². The van der Waals surface area contributed by atoms with Crippen LogP contribution in [0.25, 0.3) is 11.0 Å². The van der Waals surface area contributed by atoms with Gasteiger partial charge in [-0.2, -0.15) is 12.8 Å². The van der Waals surface area contributed by atoms with Gasteiger partial charge in [0, 0.05) is 11.5 Å². The molecule has 1 unspecified atom stereocenters. The number of fused-ring (bicyclic) bond motifs is 1. The van der Waals surface area contributed by atoms with Crippen molar-refractivity contribution in [2.45, 2.75) is 30.4 Å². The summed E-state index contributed by atoms with van der Waals surface area (Å²) < 4.78 is 74.7. The normalized spacial score (nSPS) is 25.8. The third-order valence-electron chi connectivity index (χ3n) is 4.00. The molecule has 28 heavy (non-hydrogen) atoms. The van der Waals surface area contributed by atoms with Crippen molar-refractivity contribution in [1.82, 2.24) is 0 Å². The first-order chi connectivity index (χ1) is 13.0. The fourth-order valence-corrected chi connectivity index (χ4v) is 3.33. The van der Waals surface area contributed by atoms with Gasteiger partial charge in [0.2, 0.25) is 12.1 Å². The fourth-order valence-electron chi connectivity index (χ4n) is 2.70. The number of ether oxygens (including phenoxy) is 2. The first-order valence-corrected chi connectivity index (χ1v) is 9.31. The second kappa shape index (κ2) is 7.35. The molecule has 1 aliphatic heterocycles. The number of hydrogen-bond donors (Lipinski definition) is 4. The molecule has 2 aromatic rings. The van der Waals surface area contributed by atoms with Crippen molar-refractivity contribution in [3.8, 4) is 5.75 Å². The highest BCUT2D eigenvalue weighted by Crippen LogP contribution is 2.33. The van der Waals surface area contributed by atoms with Crippen molar-refractivity contribution in [3.63, 3.8) is 0 Å². The summed E-state index contributed by atoms with van der Waals surface area (Å²) in [6.45, 7) is -0.493. The van der Waals surface area contributed by atoms with E-state index in [0.717, 1.165) is 0 Å². The molecular weight excluding hydrogens is 410 g/mol. The van der Waals surface area contributed by atoms with Gasteiger partial charge in [-0.3, -0.25) is 4.55 Å². The molecule has 1 aliphatic rings. The number of aliphatic hydroxyl groups is 3. The number of rotatable bonds is 4. The number of aliphatic hydroxyl groups excluding tert-OH is 3. The molecule has 0 spiro atoms. The maximum absolute atomic E-state index is 14.7. The molecule has 0 bridgehead atoms. The maximum atomic E-state index is 14.7. The molecule has 1 saturated heterocycles. The second-order valence-electron chi connectivity index (χ2n) is 6.06. The van der Waals surface area contributed by atoms with Gasteiger partial charge >= 0.3 is 5.63 Å². The van der Waals surface area contributed by atoms with Crippen LogP contribution in [0.1, 0.15) is 5.56 Å². The van der Waals surface area contributed by atoms with E-state index in [9.17, 15) is 37.3 Å². The molecule has 0 aliphatic carbocycles. The number of benzene rings is 1. The van der Waals surface area contributed by atoms with E-state index in [0.29, 0.717) is 12.1 Å². The molecule has 1 aromatic carbocycles. The third kappa shape index (κ3) is 3.99. The summed E-state index contributed by atoms with van der Waals surface area (Å²) in [5, 5.41) is 28.3. The lowest BCUT2D eigenvalue weighted by atomic mass is 10.1. The quantitative estimate of drug-likeness (QED) is 0.364. The van der Waals surface area contributed by atoms with Crippen LogP contribution >= 0.6 is 0 Å². The van der Waals surface area contributed by atoms with E-state index in [2.05, 4.69) is 4.42 Å². The number of hydrogen-bond acceptors (Lipinski definition) is 9. The molecule has 10 nitrogen and oxygen atoms in total. The van der Waals surface area contributed by atoms with E-state index < -0.39 is 86.6 Å². The third-order valence-corrected chi connectivity index (χ3v) is 4.67. The Kier molecular flexibility index (Phi) is 5.40. The van der Waals surface area contributed by atoms with E-state index in [1.807, 2.05) is 0 Å². The molecule has 1 fully saturated rings. The molecule has 0 amide bonds. The first-order valence-electron chi connectivity index (χ1n) is 7.70. The van der Waals surface area contributed by atoms with Crippen molar-refractivity contribution >= 4 is 21.1 Å². The summed E-state index contributed by atoms with van der Waals surface area (Å²) >= 11 is 0. The second-order valence-corrected chi connectivity index (χ2v) is 7.52. The molecular formula is C15H14F2O10S. The zero-order valence-corrected chi connectivity index (χ0v) is 14.6. The van der Waals surface area contributed by atoms with Gasteiger partial charge in [-0.15, -0.1) is 0 Å². The largest absolute Gasteiger partial charge is 0.456 e. The Morgan fingerprint density at radius 2 is 1.86 bits per heavy atom. The van der Waals surface area contributed by atoms with Gasteiger partial charge in [0.1, 0.15) is 24.1 Å². The monoisotopic (exact) mass is 424 g/mol. The van der Waals surface area contributed by atoms with Gasteiger partial charge in [0.25, 0.3) is 10.1 Å². The van der Waals surface area contributed by atoms with E-state index in [-0.39, 0.29) is 0 Å². The fraction of sp³-hybridized carbons (Fsp3) is 0.400. The highest BCUT2D eigenvalue weighted by molar-refractivity contribution is 7.85. The highest BCUT2D eigenvalue weighted by atomic mass is 32.2. The average molecular weight is 424 g/mol. The summed E-state index contributed by atoms with van der Waals surface area (Å²) in [5.74, 6) is -5.14. The van der Waals surface area contributed by atoms with Crippen LogP contribution in [-0.4, -0.2) is 59.5 Å². The minimum atomic E-state index is -4.62. The van der Waals surface area contributed by atoms with E-state index >= 15 is 0 Å². The van der Waals surface area contributed by atoms with Crippen LogP contribution in [0, 0.1) is 11.6 Å². The topological polar surface area (TPSA) is 164 Å². The van der Waals surface area contributed by atoms with Gasteiger partial charge in [-0.25, -0.2) is 9.18 Å². The molecule has 4 N–H and O–H groups in total. The predicted molar refractivity (Wildman–Crippen MR) is 86.0 cm³/mol. The lowest BCUT2D eigenvalue weighted by Crippen LogP contribution is -2.54. The molecule has 13 heteroatoms.